The second-order valence-electron chi connectivity index (χ2n) is 8.61. The molecule has 1 aromatic heterocycles. The van der Waals surface area contributed by atoms with Crippen LogP contribution in [0.3, 0.4) is 0 Å². The van der Waals surface area contributed by atoms with E-state index in [9.17, 15) is 9.90 Å². The third-order valence-corrected chi connectivity index (χ3v) is 5.35. The van der Waals surface area contributed by atoms with Gasteiger partial charge in [-0.15, -0.1) is 0 Å². The Labute approximate surface area is 212 Å². The van der Waals surface area contributed by atoms with Crippen LogP contribution in [0.25, 0.3) is 0 Å². The molecule has 0 atom stereocenters. The molecule has 0 unspecified atom stereocenters. The van der Waals surface area contributed by atoms with Gasteiger partial charge in [0.2, 0.25) is 11.6 Å². The normalized spacial score (nSPS) is 10.9. The fourth-order valence-corrected chi connectivity index (χ4v) is 3.80. The van der Waals surface area contributed by atoms with Crippen molar-refractivity contribution in [1.29, 1.82) is 5.41 Å². The predicted molar refractivity (Wildman–Crippen MR) is 134 cm³/mol. The Bertz CT molecular complexity index is 1320. The number of methoxy groups -OCH3 is 1. The van der Waals surface area contributed by atoms with Gasteiger partial charge in [-0.25, -0.2) is 4.79 Å². The lowest BCUT2D eigenvalue weighted by Gasteiger charge is -2.33. The molecule has 2 aromatic carbocycles. The SMILES string of the molecule is COc1ccc(Oc2nc(Oc3cccc(C(=N)N)c3)c(F)c(N(C(C)C)C(C)C)c2F)c(C(=O)O)c1. The lowest BCUT2D eigenvalue weighted by molar-refractivity contribution is 0.0693. The van der Waals surface area contributed by atoms with Crippen LogP contribution >= 0.6 is 0 Å². The summed E-state index contributed by atoms with van der Waals surface area (Å²) >= 11 is 0. The number of pyridine rings is 1. The fourth-order valence-electron chi connectivity index (χ4n) is 3.80. The molecule has 0 spiro atoms. The maximum absolute atomic E-state index is 15.8. The molecule has 0 fully saturated rings. The number of aromatic nitrogens is 1. The van der Waals surface area contributed by atoms with Gasteiger partial charge in [0.25, 0.3) is 11.8 Å². The number of carbonyl (C=O) groups is 1. The molecule has 196 valence electrons. The lowest BCUT2D eigenvalue weighted by Crippen LogP contribution is -2.38. The fraction of sp³-hybridized carbons (Fsp3) is 0.269. The number of amidine groups is 1. The zero-order valence-corrected chi connectivity index (χ0v) is 21.0. The van der Waals surface area contributed by atoms with Gasteiger partial charge in [-0.3, -0.25) is 5.41 Å². The number of aromatic carboxylic acids is 1. The van der Waals surface area contributed by atoms with Crippen LogP contribution in [-0.2, 0) is 0 Å². The van der Waals surface area contributed by atoms with Crippen LogP contribution < -0.4 is 24.8 Å². The van der Waals surface area contributed by atoms with Gasteiger partial charge in [-0.05, 0) is 58.0 Å². The van der Waals surface area contributed by atoms with E-state index in [1.54, 1.807) is 39.8 Å². The molecule has 0 saturated carbocycles. The number of hydrogen-bond donors (Lipinski definition) is 3. The summed E-state index contributed by atoms with van der Waals surface area (Å²) in [7, 11) is 1.37. The molecule has 0 aliphatic heterocycles. The van der Waals surface area contributed by atoms with Crippen LogP contribution in [0.4, 0.5) is 14.5 Å². The standard InChI is InChI=1S/C26H28F2N4O5/c1-13(2)32(14(3)4)22-20(27)24(36-17-8-6-7-15(11-17)23(29)30)31-25(21(22)28)37-19-10-9-16(35-5)12-18(19)26(33)34/h6-14H,1-5H3,(H3,29,30)(H,33,34). The molecular formula is C26H28F2N4O5. The van der Waals surface area contributed by atoms with E-state index >= 15 is 8.78 Å². The summed E-state index contributed by atoms with van der Waals surface area (Å²) in [6, 6.07) is 9.28. The number of benzene rings is 2. The van der Waals surface area contributed by atoms with Crippen molar-refractivity contribution in [3.8, 4) is 29.0 Å². The maximum atomic E-state index is 15.8. The topological polar surface area (TPSA) is 131 Å². The Morgan fingerprint density at radius 3 is 2.16 bits per heavy atom. The molecule has 3 aromatic rings. The Hall–Kier alpha value is -4.41. The zero-order valence-electron chi connectivity index (χ0n) is 21.0. The van der Waals surface area contributed by atoms with Crippen LogP contribution in [0.5, 0.6) is 29.0 Å². The van der Waals surface area contributed by atoms with Gasteiger partial charge in [0.05, 0.1) is 7.11 Å². The van der Waals surface area contributed by atoms with Crippen molar-refractivity contribution in [1.82, 2.24) is 4.98 Å². The molecule has 9 nitrogen and oxygen atoms in total. The molecular weight excluding hydrogens is 486 g/mol. The highest BCUT2D eigenvalue weighted by atomic mass is 19.1. The van der Waals surface area contributed by atoms with Crippen LogP contribution in [-0.4, -0.2) is 41.1 Å². The molecule has 0 aliphatic rings. The van der Waals surface area contributed by atoms with Gasteiger partial charge in [0, 0.05) is 17.6 Å². The number of nitrogens with zero attached hydrogens (tertiary/aromatic N) is 2. The number of anilines is 1. The van der Waals surface area contributed by atoms with Crippen molar-refractivity contribution in [2.24, 2.45) is 5.73 Å². The van der Waals surface area contributed by atoms with E-state index in [1.165, 1.54) is 42.3 Å². The number of rotatable bonds is 10. The molecule has 4 N–H and O–H groups in total. The first-order valence-electron chi connectivity index (χ1n) is 11.3. The quantitative estimate of drug-likeness (QED) is 0.237. The summed E-state index contributed by atoms with van der Waals surface area (Å²) in [5, 5.41) is 17.2. The van der Waals surface area contributed by atoms with Gasteiger partial charge in [-0.2, -0.15) is 13.8 Å². The number of hydrogen-bond acceptors (Lipinski definition) is 7. The van der Waals surface area contributed by atoms with Gasteiger partial charge in [0.15, 0.2) is 0 Å². The minimum absolute atomic E-state index is 0.0962. The Morgan fingerprint density at radius 1 is 1.00 bits per heavy atom. The summed E-state index contributed by atoms with van der Waals surface area (Å²) < 4.78 is 47.9. The first-order valence-corrected chi connectivity index (χ1v) is 11.3. The monoisotopic (exact) mass is 514 g/mol. The molecule has 11 heteroatoms. The van der Waals surface area contributed by atoms with Crippen LogP contribution in [0.2, 0.25) is 0 Å². The second-order valence-corrected chi connectivity index (χ2v) is 8.61. The van der Waals surface area contributed by atoms with E-state index in [4.69, 9.17) is 25.4 Å². The van der Waals surface area contributed by atoms with Crippen molar-refractivity contribution >= 4 is 17.5 Å². The minimum atomic E-state index is -1.35. The highest BCUT2D eigenvalue weighted by Crippen LogP contribution is 2.40. The number of nitrogen functional groups attached to an aromatic ring is 1. The van der Waals surface area contributed by atoms with Crippen molar-refractivity contribution in [3.63, 3.8) is 0 Å². The van der Waals surface area contributed by atoms with Crippen molar-refractivity contribution < 1.29 is 32.9 Å². The van der Waals surface area contributed by atoms with Gasteiger partial charge >= 0.3 is 5.97 Å². The highest BCUT2D eigenvalue weighted by Gasteiger charge is 2.31. The average molecular weight is 515 g/mol. The highest BCUT2D eigenvalue weighted by molar-refractivity contribution is 5.95. The average Bonchev–Trinajstić information content (AvgIpc) is 2.84. The van der Waals surface area contributed by atoms with E-state index in [0.29, 0.717) is 5.56 Å². The third kappa shape index (κ3) is 5.88. The molecule has 0 radical (unpaired) electrons. The van der Waals surface area contributed by atoms with Crippen LogP contribution in [0, 0.1) is 17.0 Å². The van der Waals surface area contributed by atoms with E-state index in [1.807, 2.05) is 0 Å². The summed E-state index contributed by atoms with van der Waals surface area (Å²) in [5.41, 5.74) is 5.10. The maximum Gasteiger partial charge on any atom is 0.339 e. The zero-order chi connectivity index (χ0) is 27.4. The predicted octanol–water partition coefficient (Wildman–Crippen LogP) is 5.56. The Balaban J connectivity index is 2.21. The van der Waals surface area contributed by atoms with Gasteiger partial charge in [0.1, 0.15) is 34.3 Å². The first kappa shape index (κ1) is 27.2. The molecule has 3 rings (SSSR count). The first-order chi connectivity index (χ1) is 17.4. The summed E-state index contributed by atoms with van der Waals surface area (Å²) in [6.45, 7) is 7.07. The summed E-state index contributed by atoms with van der Waals surface area (Å²) in [5.74, 6) is -4.96. The van der Waals surface area contributed by atoms with E-state index in [-0.39, 0.29) is 40.7 Å². The second kappa shape index (κ2) is 11.1. The number of nitrogens with two attached hydrogens (primary N) is 1. The number of nitrogens with one attached hydrogen (secondary N) is 1. The number of carboxylic acids is 1. The lowest BCUT2D eigenvalue weighted by atomic mass is 10.1. The largest absolute Gasteiger partial charge is 0.497 e. The Kier molecular flexibility index (Phi) is 8.16. The van der Waals surface area contributed by atoms with E-state index in [0.717, 1.165) is 0 Å². The molecule has 37 heavy (non-hydrogen) atoms. The number of ether oxygens (including phenoxy) is 3. The minimum Gasteiger partial charge on any atom is -0.497 e. The molecule has 0 amide bonds. The van der Waals surface area contributed by atoms with Gasteiger partial charge in [-0.1, -0.05) is 12.1 Å². The van der Waals surface area contributed by atoms with Crippen molar-refractivity contribution in [3.05, 3.63) is 65.2 Å². The van der Waals surface area contributed by atoms with E-state index in [2.05, 4.69) is 4.98 Å². The molecule has 1 heterocycles. The van der Waals surface area contributed by atoms with Gasteiger partial charge < -0.3 is 30.0 Å². The summed E-state index contributed by atoms with van der Waals surface area (Å²) in [6.07, 6.45) is 0. The number of halogens is 2. The smallest absolute Gasteiger partial charge is 0.339 e. The third-order valence-electron chi connectivity index (χ3n) is 5.35. The Morgan fingerprint density at radius 2 is 1.62 bits per heavy atom. The van der Waals surface area contributed by atoms with Crippen molar-refractivity contribution in [2.75, 3.05) is 12.0 Å². The van der Waals surface area contributed by atoms with Crippen molar-refractivity contribution in [2.45, 2.75) is 39.8 Å². The number of carboxylic acid groups (broad SMARTS) is 1. The van der Waals surface area contributed by atoms with Crippen LogP contribution in [0.1, 0.15) is 43.6 Å². The van der Waals surface area contributed by atoms with Crippen LogP contribution in [0.15, 0.2) is 42.5 Å². The van der Waals surface area contributed by atoms with E-state index < -0.39 is 35.1 Å². The molecule has 0 aliphatic carbocycles. The molecule has 0 saturated heterocycles. The summed E-state index contributed by atoms with van der Waals surface area (Å²) in [4.78, 5) is 17.2. The molecule has 0 bridgehead atoms.